The van der Waals surface area contributed by atoms with Crippen molar-refractivity contribution in [3.05, 3.63) is 11.9 Å². The summed E-state index contributed by atoms with van der Waals surface area (Å²) in [5.74, 6) is -1.01. The first-order valence-corrected chi connectivity index (χ1v) is 7.29. The van der Waals surface area contributed by atoms with Crippen molar-refractivity contribution in [1.82, 2.24) is 24.8 Å². The molecule has 7 heteroatoms. The normalized spacial score (nSPS) is 22.9. The number of carboxylic acid groups (broad SMARTS) is 1. The molecule has 2 fully saturated rings. The zero-order chi connectivity index (χ0) is 14.1. The van der Waals surface area contributed by atoms with Crippen LogP contribution in [-0.4, -0.2) is 74.6 Å². The molecule has 0 saturated carbocycles. The topological polar surface area (TPSA) is 74.5 Å². The molecule has 2 aliphatic rings. The van der Waals surface area contributed by atoms with Crippen molar-refractivity contribution in [3.63, 3.8) is 0 Å². The average molecular weight is 279 g/mol. The van der Waals surface area contributed by atoms with Crippen LogP contribution in [0.15, 0.2) is 6.20 Å². The molecule has 7 nitrogen and oxygen atoms in total. The Morgan fingerprint density at radius 1 is 1.35 bits per heavy atom. The van der Waals surface area contributed by atoms with Gasteiger partial charge in [-0.1, -0.05) is 12.1 Å². The summed E-state index contributed by atoms with van der Waals surface area (Å²) in [6.07, 6.45) is 4.00. The van der Waals surface area contributed by atoms with Gasteiger partial charge in [-0.15, -0.1) is 5.10 Å². The Bertz CT molecular complexity index is 475. The lowest BCUT2D eigenvalue weighted by molar-refractivity contribution is 0.0206. The Kier molecular flexibility index (Phi) is 3.71. The molecule has 1 aromatic rings. The number of aromatic nitrogens is 3. The third-order valence-electron chi connectivity index (χ3n) is 4.51. The van der Waals surface area contributed by atoms with Gasteiger partial charge >= 0.3 is 5.97 Å². The second kappa shape index (κ2) is 5.49. The molecule has 0 aromatic carbocycles. The van der Waals surface area contributed by atoms with Crippen molar-refractivity contribution in [2.24, 2.45) is 0 Å². The van der Waals surface area contributed by atoms with Crippen LogP contribution < -0.4 is 0 Å². The fraction of sp³-hybridized carbons (Fsp3) is 0.769. The van der Waals surface area contributed by atoms with Crippen LogP contribution in [-0.2, 0) is 0 Å². The van der Waals surface area contributed by atoms with E-state index in [-0.39, 0.29) is 11.7 Å². The number of hydrogen-bond donors (Lipinski definition) is 1. The molecule has 0 spiro atoms. The molecule has 0 atom stereocenters. The Labute approximate surface area is 118 Å². The van der Waals surface area contributed by atoms with Gasteiger partial charge < -0.3 is 10.0 Å². The van der Waals surface area contributed by atoms with E-state index < -0.39 is 5.97 Å². The number of carbonyl (C=O) groups is 1. The monoisotopic (exact) mass is 279 g/mol. The van der Waals surface area contributed by atoms with Crippen LogP contribution in [0.5, 0.6) is 0 Å². The zero-order valence-corrected chi connectivity index (χ0v) is 11.8. The van der Waals surface area contributed by atoms with Gasteiger partial charge in [-0.25, -0.2) is 9.48 Å². The molecule has 0 amide bonds. The first-order valence-electron chi connectivity index (χ1n) is 7.29. The minimum absolute atomic E-state index is 0.0275. The van der Waals surface area contributed by atoms with E-state index in [0.717, 1.165) is 19.6 Å². The third-order valence-corrected chi connectivity index (χ3v) is 4.51. The van der Waals surface area contributed by atoms with Crippen molar-refractivity contribution in [2.75, 3.05) is 32.7 Å². The number of aromatic carboxylic acids is 1. The highest BCUT2D eigenvalue weighted by atomic mass is 16.4. The molecule has 3 rings (SSSR count). The lowest BCUT2D eigenvalue weighted by Crippen LogP contribution is -2.55. The Balaban J connectivity index is 1.50. The smallest absolute Gasteiger partial charge is 0.358 e. The van der Waals surface area contributed by atoms with E-state index in [4.69, 9.17) is 5.11 Å². The second-order valence-corrected chi connectivity index (χ2v) is 5.66. The fourth-order valence-corrected chi connectivity index (χ4v) is 3.11. The van der Waals surface area contributed by atoms with Gasteiger partial charge in [0.05, 0.1) is 12.2 Å². The van der Waals surface area contributed by atoms with Gasteiger partial charge in [-0.05, 0) is 32.5 Å². The highest BCUT2D eigenvalue weighted by molar-refractivity contribution is 5.84. The number of nitrogens with zero attached hydrogens (tertiary/aromatic N) is 5. The number of piperidine rings is 1. The van der Waals surface area contributed by atoms with Gasteiger partial charge in [0.1, 0.15) is 0 Å². The molecule has 0 unspecified atom stereocenters. The highest BCUT2D eigenvalue weighted by Crippen LogP contribution is 2.27. The van der Waals surface area contributed by atoms with Gasteiger partial charge in [0.2, 0.25) is 0 Å². The number of hydrogen-bond acceptors (Lipinski definition) is 5. The Morgan fingerprint density at radius 2 is 2.05 bits per heavy atom. The fourth-order valence-electron chi connectivity index (χ4n) is 3.11. The van der Waals surface area contributed by atoms with Crippen LogP contribution in [0.25, 0.3) is 0 Å². The highest BCUT2D eigenvalue weighted by Gasteiger charge is 2.35. The minimum Gasteiger partial charge on any atom is -0.476 e. The lowest BCUT2D eigenvalue weighted by Gasteiger charge is -2.46. The van der Waals surface area contributed by atoms with Crippen molar-refractivity contribution >= 4 is 5.97 Å². The number of carboxylic acids is 1. The van der Waals surface area contributed by atoms with Crippen LogP contribution >= 0.6 is 0 Å². The van der Waals surface area contributed by atoms with E-state index in [1.54, 1.807) is 4.68 Å². The van der Waals surface area contributed by atoms with E-state index in [9.17, 15) is 4.79 Å². The molecule has 110 valence electrons. The molecule has 20 heavy (non-hydrogen) atoms. The summed E-state index contributed by atoms with van der Waals surface area (Å²) in [6, 6.07) is 0.955. The summed E-state index contributed by atoms with van der Waals surface area (Å²) in [7, 11) is 0. The first kappa shape index (κ1) is 13.5. The van der Waals surface area contributed by atoms with Crippen LogP contribution in [0.1, 0.15) is 36.3 Å². The summed E-state index contributed by atoms with van der Waals surface area (Å²) in [5, 5.41) is 16.4. The Morgan fingerprint density at radius 3 is 2.60 bits per heavy atom. The van der Waals surface area contributed by atoms with E-state index in [2.05, 4.69) is 27.0 Å². The van der Waals surface area contributed by atoms with E-state index in [0.29, 0.717) is 6.04 Å². The summed E-state index contributed by atoms with van der Waals surface area (Å²) in [6.45, 7) is 7.65. The largest absolute Gasteiger partial charge is 0.476 e. The molecule has 0 aliphatic carbocycles. The predicted octanol–water partition coefficient (Wildman–Crippen LogP) is 0.317. The molecule has 1 aromatic heterocycles. The van der Waals surface area contributed by atoms with Gasteiger partial charge in [0.15, 0.2) is 5.69 Å². The second-order valence-electron chi connectivity index (χ2n) is 5.66. The first-order chi connectivity index (χ1) is 9.67. The lowest BCUT2D eigenvalue weighted by atomic mass is 9.97. The number of rotatable bonds is 4. The van der Waals surface area contributed by atoms with Crippen molar-refractivity contribution in [2.45, 2.75) is 31.8 Å². The summed E-state index contributed by atoms with van der Waals surface area (Å²) in [4.78, 5) is 15.8. The van der Waals surface area contributed by atoms with Gasteiger partial charge in [-0.3, -0.25) is 4.90 Å². The quantitative estimate of drug-likeness (QED) is 0.855. The maximum atomic E-state index is 10.8. The molecular formula is C13H21N5O2. The Hall–Kier alpha value is -1.47. The molecule has 2 aliphatic heterocycles. The average Bonchev–Trinajstić information content (AvgIpc) is 2.87. The van der Waals surface area contributed by atoms with Crippen molar-refractivity contribution in [3.8, 4) is 0 Å². The summed E-state index contributed by atoms with van der Waals surface area (Å²) in [5.41, 5.74) is 0.0275. The van der Waals surface area contributed by atoms with Gasteiger partial charge in [-0.2, -0.15) is 0 Å². The molecule has 0 radical (unpaired) electrons. The van der Waals surface area contributed by atoms with E-state index in [1.165, 1.54) is 32.1 Å². The summed E-state index contributed by atoms with van der Waals surface area (Å²) < 4.78 is 1.70. The SMILES string of the molecule is CCN1CCC(N2CC(n3cc(C(=O)O)nn3)C2)CC1. The predicted molar refractivity (Wildman–Crippen MR) is 72.7 cm³/mol. The van der Waals surface area contributed by atoms with Crippen LogP contribution in [0.3, 0.4) is 0 Å². The molecule has 3 heterocycles. The molecular weight excluding hydrogens is 258 g/mol. The number of likely N-dealkylation sites (tertiary alicyclic amines) is 2. The molecule has 0 bridgehead atoms. The van der Waals surface area contributed by atoms with Gasteiger partial charge in [0.25, 0.3) is 0 Å². The van der Waals surface area contributed by atoms with Crippen LogP contribution in [0.2, 0.25) is 0 Å². The van der Waals surface area contributed by atoms with Crippen LogP contribution in [0.4, 0.5) is 0 Å². The molecule has 2 saturated heterocycles. The van der Waals surface area contributed by atoms with Crippen molar-refractivity contribution < 1.29 is 9.90 Å². The zero-order valence-electron chi connectivity index (χ0n) is 11.8. The standard InChI is InChI=1S/C13H21N5O2/c1-2-16-5-3-10(4-6-16)17-7-11(8-17)18-9-12(13(19)20)14-15-18/h9-11H,2-8H2,1H3,(H,19,20). The van der Waals surface area contributed by atoms with E-state index in [1.807, 2.05) is 0 Å². The molecule has 1 N–H and O–H groups in total. The third kappa shape index (κ3) is 2.55. The van der Waals surface area contributed by atoms with E-state index >= 15 is 0 Å². The van der Waals surface area contributed by atoms with Crippen LogP contribution in [0, 0.1) is 0 Å². The maximum Gasteiger partial charge on any atom is 0.358 e. The van der Waals surface area contributed by atoms with Gasteiger partial charge in [0, 0.05) is 19.1 Å². The summed E-state index contributed by atoms with van der Waals surface area (Å²) >= 11 is 0. The van der Waals surface area contributed by atoms with Crippen molar-refractivity contribution in [1.29, 1.82) is 0 Å². The maximum absolute atomic E-state index is 10.8. The minimum atomic E-state index is -1.01.